The van der Waals surface area contributed by atoms with Crippen LogP contribution in [0.1, 0.15) is 28.8 Å². The molecule has 0 aromatic heterocycles. The Morgan fingerprint density at radius 1 is 1.36 bits per heavy atom. The predicted molar refractivity (Wildman–Crippen MR) is 64.1 cm³/mol. The van der Waals surface area contributed by atoms with Crippen molar-refractivity contribution in [1.82, 2.24) is 0 Å². The number of benzene rings is 1. The van der Waals surface area contributed by atoms with Crippen molar-refractivity contribution in [3.05, 3.63) is 33.8 Å². The molecule has 14 heavy (non-hydrogen) atoms. The third-order valence-electron chi connectivity index (χ3n) is 2.52. The summed E-state index contributed by atoms with van der Waals surface area (Å²) in [6.45, 7) is 0. The standard InChI is InChI=1S/C11H10Br2O/c12-8-4-5-9-7(6-8)2-1-3-10(13)11(9)14/h4-6,10H,1-3H2. The first-order valence-corrected chi connectivity index (χ1v) is 6.36. The van der Waals surface area contributed by atoms with E-state index in [0.717, 1.165) is 29.3 Å². The SMILES string of the molecule is O=C1c2ccc(Br)cc2CCCC1Br. The van der Waals surface area contributed by atoms with Crippen LogP contribution >= 0.6 is 31.9 Å². The zero-order valence-corrected chi connectivity index (χ0v) is 10.8. The van der Waals surface area contributed by atoms with E-state index in [4.69, 9.17) is 0 Å². The maximum absolute atomic E-state index is 11.9. The number of aryl methyl sites for hydroxylation is 1. The second-order valence-electron chi connectivity index (χ2n) is 3.53. The molecule has 0 heterocycles. The van der Waals surface area contributed by atoms with Gasteiger partial charge < -0.3 is 0 Å². The highest BCUT2D eigenvalue weighted by Crippen LogP contribution is 2.26. The molecule has 0 bridgehead atoms. The Morgan fingerprint density at radius 2 is 2.14 bits per heavy atom. The second kappa shape index (κ2) is 4.15. The van der Waals surface area contributed by atoms with Crippen LogP contribution < -0.4 is 0 Å². The van der Waals surface area contributed by atoms with Gasteiger partial charge in [-0.15, -0.1) is 0 Å². The molecule has 0 spiro atoms. The molecule has 74 valence electrons. The van der Waals surface area contributed by atoms with Gasteiger partial charge >= 0.3 is 0 Å². The number of fused-ring (bicyclic) bond motifs is 1. The molecule has 1 atom stereocenters. The van der Waals surface area contributed by atoms with Gasteiger partial charge in [-0.2, -0.15) is 0 Å². The van der Waals surface area contributed by atoms with E-state index in [2.05, 4.69) is 37.9 Å². The van der Waals surface area contributed by atoms with Gasteiger partial charge in [0, 0.05) is 10.0 Å². The molecule has 3 heteroatoms. The lowest BCUT2D eigenvalue weighted by Gasteiger charge is -2.06. The van der Waals surface area contributed by atoms with E-state index >= 15 is 0 Å². The van der Waals surface area contributed by atoms with Crippen molar-refractivity contribution in [3.8, 4) is 0 Å². The first kappa shape index (κ1) is 10.4. The van der Waals surface area contributed by atoms with Crippen molar-refractivity contribution in [3.63, 3.8) is 0 Å². The van der Waals surface area contributed by atoms with Gasteiger partial charge in [0.2, 0.25) is 0 Å². The van der Waals surface area contributed by atoms with E-state index in [1.165, 1.54) is 5.56 Å². The lowest BCUT2D eigenvalue weighted by Crippen LogP contribution is -2.12. The van der Waals surface area contributed by atoms with E-state index in [9.17, 15) is 4.79 Å². The number of carbonyl (C=O) groups excluding carboxylic acids is 1. The molecule has 1 aliphatic rings. The van der Waals surface area contributed by atoms with Crippen LogP contribution in [-0.2, 0) is 6.42 Å². The minimum Gasteiger partial charge on any atom is -0.293 e. The van der Waals surface area contributed by atoms with Gasteiger partial charge in [-0.25, -0.2) is 0 Å². The van der Waals surface area contributed by atoms with Crippen LogP contribution in [-0.4, -0.2) is 10.6 Å². The van der Waals surface area contributed by atoms with Gasteiger partial charge in [-0.3, -0.25) is 4.79 Å². The number of hydrogen-bond donors (Lipinski definition) is 0. The molecule has 0 saturated carbocycles. The largest absolute Gasteiger partial charge is 0.293 e. The summed E-state index contributed by atoms with van der Waals surface area (Å²) >= 11 is 6.86. The van der Waals surface area contributed by atoms with Gasteiger partial charge in [0.25, 0.3) is 0 Å². The Hall–Kier alpha value is -0.150. The quantitative estimate of drug-likeness (QED) is 0.526. The van der Waals surface area contributed by atoms with Crippen molar-refractivity contribution in [1.29, 1.82) is 0 Å². The summed E-state index contributed by atoms with van der Waals surface area (Å²) in [7, 11) is 0. The average Bonchev–Trinajstić information content (AvgIpc) is 2.28. The van der Waals surface area contributed by atoms with Crippen molar-refractivity contribution < 1.29 is 4.79 Å². The number of alkyl halides is 1. The molecule has 1 aromatic rings. The summed E-state index contributed by atoms with van der Waals surface area (Å²) in [6.07, 6.45) is 3.01. The Kier molecular flexibility index (Phi) is 3.07. The number of rotatable bonds is 0. The van der Waals surface area contributed by atoms with Crippen molar-refractivity contribution in [2.75, 3.05) is 0 Å². The zero-order chi connectivity index (χ0) is 10.1. The predicted octanol–water partition coefficient (Wildman–Crippen LogP) is 3.73. The van der Waals surface area contributed by atoms with Crippen LogP contribution in [0.2, 0.25) is 0 Å². The van der Waals surface area contributed by atoms with Crippen LogP contribution in [0, 0.1) is 0 Å². The number of ketones is 1. The van der Waals surface area contributed by atoms with Crippen LogP contribution in [0.3, 0.4) is 0 Å². The summed E-state index contributed by atoms with van der Waals surface area (Å²) in [5.41, 5.74) is 2.05. The number of Topliss-reactive ketones (excluding diaryl/α,β-unsaturated/α-hetero) is 1. The summed E-state index contributed by atoms with van der Waals surface area (Å²) in [5.74, 6) is 0.227. The molecule has 1 unspecified atom stereocenters. The highest BCUT2D eigenvalue weighted by atomic mass is 79.9. The molecule has 1 nitrogen and oxygen atoms in total. The Labute approximate surface area is 100 Å². The van der Waals surface area contributed by atoms with Gasteiger partial charge in [0.1, 0.15) is 0 Å². The molecule has 2 rings (SSSR count). The molecular formula is C11H10Br2O. The van der Waals surface area contributed by atoms with E-state index in [1.807, 2.05) is 12.1 Å². The molecule has 0 fully saturated rings. The fraction of sp³-hybridized carbons (Fsp3) is 0.364. The second-order valence-corrected chi connectivity index (χ2v) is 5.55. The van der Waals surface area contributed by atoms with Crippen LogP contribution in [0.4, 0.5) is 0 Å². The minimum atomic E-state index is 0.00456. The highest BCUT2D eigenvalue weighted by molar-refractivity contribution is 9.10. The first-order chi connectivity index (χ1) is 6.68. The summed E-state index contributed by atoms with van der Waals surface area (Å²) in [5, 5.41) is 0. The van der Waals surface area contributed by atoms with Gasteiger partial charge in [0.05, 0.1) is 4.83 Å². The fourth-order valence-electron chi connectivity index (χ4n) is 1.78. The number of carbonyl (C=O) groups is 1. The minimum absolute atomic E-state index is 0.00456. The average molecular weight is 318 g/mol. The van der Waals surface area contributed by atoms with Crippen LogP contribution in [0.25, 0.3) is 0 Å². The number of halogens is 2. The lowest BCUT2D eigenvalue weighted by atomic mass is 10.0. The van der Waals surface area contributed by atoms with Gasteiger partial charge in [0.15, 0.2) is 5.78 Å². The van der Waals surface area contributed by atoms with Crippen molar-refractivity contribution in [2.24, 2.45) is 0 Å². The first-order valence-electron chi connectivity index (χ1n) is 4.65. The summed E-state index contributed by atoms with van der Waals surface area (Å²) < 4.78 is 1.05. The Bertz CT molecular complexity index is 374. The summed E-state index contributed by atoms with van der Waals surface area (Å²) in [6, 6.07) is 5.90. The molecule has 0 N–H and O–H groups in total. The number of hydrogen-bond acceptors (Lipinski definition) is 1. The van der Waals surface area contributed by atoms with Crippen LogP contribution in [0.15, 0.2) is 22.7 Å². The van der Waals surface area contributed by atoms with Crippen LogP contribution in [0.5, 0.6) is 0 Å². The third-order valence-corrected chi connectivity index (χ3v) is 3.89. The molecule has 0 saturated heterocycles. The fourth-order valence-corrected chi connectivity index (χ4v) is 2.76. The maximum atomic E-state index is 11.9. The normalized spacial score (nSPS) is 21.6. The Morgan fingerprint density at radius 3 is 2.93 bits per heavy atom. The maximum Gasteiger partial charge on any atom is 0.176 e. The highest BCUT2D eigenvalue weighted by Gasteiger charge is 2.22. The molecule has 0 aliphatic heterocycles. The zero-order valence-electron chi connectivity index (χ0n) is 7.59. The van der Waals surface area contributed by atoms with Crippen molar-refractivity contribution >= 4 is 37.6 Å². The molecular weight excluding hydrogens is 308 g/mol. The molecule has 1 aliphatic carbocycles. The van der Waals surface area contributed by atoms with Gasteiger partial charge in [-0.1, -0.05) is 31.9 Å². The van der Waals surface area contributed by atoms with Crippen molar-refractivity contribution in [2.45, 2.75) is 24.1 Å². The molecule has 0 amide bonds. The van der Waals surface area contributed by atoms with E-state index in [1.54, 1.807) is 0 Å². The molecule has 0 radical (unpaired) electrons. The van der Waals surface area contributed by atoms with E-state index in [-0.39, 0.29) is 10.6 Å². The third kappa shape index (κ3) is 1.94. The monoisotopic (exact) mass is 316 g/mol. The van der Waals surface area contributed by atoms with E-state index in [0.29, 0.717) is 0 Å². The lowest BCUT2D eigenvalue weighted by molar-refractivity contribution is 0.0990. The topological polar surface area (TPSA) is 17.1 Å². The smallest absolute Gasteiger partial charge is 0.176 e. The van der Waals surface area contributed by atoms with E-state index < -0.39 is 0 Å². The summed E-state index contributed by atoms with van der Waals surface area (Å²) in [4.78, 5) is 11.9. The van der Waals surface area contributed by atoms with Gasteiger partial charge in [-0.05, 0) is 43.0 Å². The Balaban J connectivity index is 2.48. The molecule has 1 aromatic carbocycles.